The number of carbonyl (C=O) groups excluding carboxylic acids is 2. The highest BCUT2D eigenvalue weighted by atomic mass is 16.4. The summed E-state index contributed by atoms with van der Waals surface area (Å²) in [5, 5.41) is 11.9. The zero-order chi connectivity index (χ0) is 17.0. The number of carboxylic acids is 1. The van der Waals surface area contributed by atoms with E-state index in [9.17, 15) is 19.5 Å². The summed E-state index contributed by atoms with van der Waals surface area (Å²) in [5.74, 6) is -1.39. The number of hydrogen-bond donors (Lipinski definition) is 2. The Morgan fingerprint density at radius 2 is 1.96 bits per heavy atom. The third-order valence-electron chi connectivity index (χ3n) is 4.13. The van der Waals surface area contributed by atoms with E-state index >= 15 is 0 Å². The third-order valence-corrected chi connectivity index (χ3v) is 4.13. The predicted molar refractivity (Wildman–Crippen MR) is 86.4 cm³/mol. The summed E-state index contributed by atoms with van der Waals surface area (Å²) in [7, 11) is 0. The van der Waals surface area contributed by atoms with Gasteiger partial charge in [-0.2, -0.15) is 0 Å². The van der Waals surface area contributed by atoms with Crippen molar-refractivity contribution in [2.45, 2.75) is 45.1 Å². The van der Waals surface area contributed by atoms with Crippen molar-refractivity contribution in [3.05, 3.63) is 29.8 Å². The first-order valence-electron chi connectivity index (χ1n) is 7.84. The molecule has 2 rings (SSSR count). The molecule has 0 aromatic heterocycles. The lowest BCUT2D eigenvalue weighted by Crippen LogP contribution is -2.52. The molecule has 6 nitrogen and oxygen atoms in total. The van der Waals surface area contributed by atoms with E-state index in [1.54, 1.807) is 29.2 Å². The molecule has 1 aliphatic rings. The number of carbonyl (C=O) groups is 3. The van der Waals surface area contributed by atoms with Gasteiger partial charge >= 0.3 is 5.97 Å². The lowest BCUT2D eigenvalue weighted by Gasteiger charge is -2.26. The zero-order valence-corrected chi connectivity index (χ0v) is 13.5. The molecule has 0 radical (unpaired) electrons. The second kappa shape index (κ2) is 6.81. The summed E-state index contributed by atoms with van der Waals surface area (Å²) in [6.45, 7) is 4.07. The number of nitrogens with one attached hydrogen (secondary N) is 1. The molecular formula is C17H22N2O4. The Morgan fingerprint density at radius 1 is 1.30 bits per heavy atom. The van der Waals surface area contributed by atoms with Crippen LogP contribution in [0, 0.1) is 0 Å². The Morgan fingerprint density at radius 3 is 2.43 bits per heavy atom. The highest BCUT2D eigenvalue weighted by Gasteiger charge is 2.34. The molecule has 1 aromatic rings. The van der Waals surface area contributed by atoms with E-state index in [0.29, 0.717) is 31.4 Å². The monoisotopic (exact) mass is 318 g/mol. The summed E-state index contributed by atoms with van der Waals surface area (Å²) >= 11 is 0. The molecule has 6 heteroatoms. The molecule has 1 fully saturated rings. The normalized spacial score (nSPS) is 17.0. The molecule has 0 aliphatic carbocycles. The second-order valence-corrected chi connectivity index (χ2v) is 6.04. The summed E-state index contributed by atoms with van der Waals surface area (Å²) < 4.78 is 0. The van der Waals surface area contributed by atoms with E-state index in [4.69, 9.17) is 0 Å². The molecule has 1 aliphatic heterocycles. The van der Waals surface area contributed by atoms with Gasteiger partial charge in [0.15, 0.2) is 0 Å². The molecule has 0 bridgehead atoms. The van der Waals surface area contributed by atoms with Crippen LogP contribution in [-0.4, -0.2) is 35.0 Å². The molecule has 124 valence electrons. The van der Waals surface area contributed by atoms with Crippen LogP contribution in [0.2, 0.25) is 0 Å². The van der Waals surface area contributed by atoms with E-state index in [0.717, 1.165) is 12.1 Å². The van der Waals surface area contributed by atoms with Gasteiger partial charge in [-0.05, 0) is 44.0 Å². The fraction of sp³-hybridized carbons (Fsp3) is 0.471. The largest absolute Gasteiger partial charge is 0.480 e. The summed E-state index contributed by atoms with van der Waals surface area (Å²) in [4.78, 5) is 37.1. The summed E-state index contributed by atoms with van der Waals surface area (Å²) in [5.41, 5.74) is -0.141. The van der Waals surface area contributed by atoms with Crippen LogP contribution >= 0.6 is 0 Å². The van der Waals surface area contributed by atoms with Crippen molar-refractivity contribution in [2.75, 3.05) is 11.4 Å². The Hall–Kier alpha value is -2.37. The Balaban J connectivity index is 2.11. The van der Waals surface area contributed by atoms with Crippen molar-refractivity contribution in [1.82, 2.24) is 5.32 Å². The molecule has 1 heterocycles. The van der Waals surface area contributed by atoms with Gasteiger partial charge in [-0.3, -0.25) is 9.59 Å². The van der Waals surface area contributed by atoms with E-state index in [-0.39, 0.29) is 5.91 Å². The fourth-order valence-electron chi connectivity index (χ4n) is 2.76. The SMILES string of the molecule is CCCC(C)(NC(=O)c1ccc(N2CCCC2=O)cc1)C(=O)O. The molecule has 1 unspecified atom stereocenters. The highest BCUT2D eigenvalue weighted by molar-refractivity contribution is 5.99. The van der Waals surface area contributed by atoms with Crippen LogP contribution in [0.5, 0.6) is 0 Å². The number of hydrogen-bond acceptors (Lipinski definition) is 3. The maximum Gasteiger partial charge on any atom is 0.329 e. The highest BCUT2D eigenvalue weighted by Crippen LogP contribution is 2.22. The van der Waals surface area contributed by atoms with Crippen LogP contribution in [0.1, 0.15) is 49.9 Å². The van der Waals surface area contributed by atoms with Gasteiger partial charge in [0.05, 0.1) is 0 Å². The van der Waals surface area contributed by atoms with Gasteiger partial charge in [0.25, 0.3) is 5.91 Å². The zero-order valence-electron chi connectivity index (χ0n) is 13.5. The Labute approximate surface area is 135 Å². The fourth-order valence-corrected chi connectivity index (χ4v) is 2.76. The average molecular weight is 318 g/mol. The number of carboxylic acid groups (broad SMARTS) is 1. The minimum atomic E-state index is -1.28. The first kappa shape index (κ1) is 17.0. The van der Waals surface area contributed by atoms with Gasteiger partial charge in [-0.15, -0.1) is 0 Å². The molecule has 1 atom stereocenters. The average Bonchev–Trinajstić information content (AvgIpc) is 2.93. The standard InChI is InChI=1S/C17H22N2O4/c1-3-10-17(2,16(22)23)18-15(21)12-6-8-13(9-7-12)19-11-4-5-14(19)20/h6-9H,3-5,10-11H2,1-2H3,(H,18,21)(H,22,23). The molecule has 0 saturated carbocycles. The predicted octanol–water partition coefficient (Wildman–Crippen LogP) is 2.19. The lowest BCUT2D eigenvalue weighted by molar-refractivity contribution is -0.144. The second-order valence-electron chi connectivity index (χ2n) is 6.04. The minimum Gasteiger partial charge on any atom is -0.480 e. The smallest absolute Gasteiger partial charge is 0.329 e. The van der Waals surface area contributed by atoms with Gasteiger partial charge < -0.3 is 15.3 Å². The van der Waals surface area contributed by atoms with Crippen molar-refractivity contribution in [3.8, 4) is 0 Å². The number of aliphatic carboxylic acids is 1. The number of benzene rings is 1. The molecule has 2 amide bonds. The van der Waals surface area contributed by atoms with Crippen LogP contribution < -0.4 is 10.2 Å². The van der Waals surface area contributed by atoms with Gasteiger partial charge in [-0.25, -0.2) is 4.79 Å². The maximum atomic E-state index is 12.3. The van der Waals surface area contributed by atoms with E-state index in [2.05, 4.69) is 5.32 Å². The van der Waals surface area contributed by atoms with Gasteiger partial charge in [0, 0.05) is 24.2 Å². The molecule has 0 spiro atoms. The van der Waals surface area contributed by atoms with Gasteiger partial charge in [0.1, 0.15) is 5.54 Å². The van der Waals surface area contributed by atoms with Crippen LogP contribution in [0.15, 0.2) is 24.3 Å². The Kier molecular flexibility index (Phi) is 5.03. The van der Waals surface area contributed by atoms with Gasteiger partial charge in [-0.1, -0.05) is 13.3 Å². The van der Waals surface area contributed by atoms with Crippen molar-refractivity contribution < 1.29 is 19.5 Å². The first-order valence-corrected chi connectivity index (χ1v) is 7.84. The van der Waals surface area contributed by atoms with Crippen LogP contribution in [0.3, 0.4) is 0 Å². The minimum absolute atomic E-state index is 0.0867. The molecule has 2 N–H and O–H groups in total. The molecular weight excluding hydrogens is 296 g/mol. The van der Waals surface area contributed by atoms with Gasteiger partial charge in [0.2, 0.25) is 5.91 Å². The van der Waals surface area contributed by atoms with E-state index in [1.165, 1.54) is 6.92 Å². The number of nitrogens with zero attached hydrogens (tertiary/aromatic N) is 1. The van der Waals surface area contributed by atoms with Crippen molar-refractivity contribution in [3.63, 3.8) is 0 Å². The van der Waals surface area contributed by atoms with Crippen LogP contribution in [0.25, 0.3) is 0 Å². The maximum absolute atomic E-state index is 12.3. The quantitative estimate of drug-likeness (QED) is 0.841. The number of rotatable bonds is 6. The summed E-state index contributed by atoms with van der Waals surface area (Å²) in [6.07, 6.45) is 2.40. The molecule has 23 heavy (non-hydrogen) atoms. The van der Waals surface area contributed by atoms with E-state index in [1.807, 2.05) is 6.92 Å². The Bertz CT molecular complexity index is 612. The van der Waals surface area contributed by atoms with Crippen molar-refractivity contribution in [2.24, 2.45) is 0 Å². The third kappa shape index (κ3) is 3.70. The molecule has 1 saturated heterocycles. The molecule has 1 aromatic carbocycles. The topological polar surface area (TPSA) is 86.7 Å². The van der Waals surface area contributed by atoms with E-state index < -0.39 is 17.4 Å². The van der Waals surface area contributed by atoms with Crippen molar-refractivity contribution in [1.29, 1.82) is 0 Å². The summed E-state index contributed by atoms with van der Waals surface area (Å²) in [6, 6.07) is 6.67. The number of amides is 2. The first-order chi connectivity index (χ1) is 10.9. The number of anilines is 1. The van der Waals surface area contributed by atoms with Crippen LogP contribution in [0.4, 0.5) is 5.69 Å². The lowest BCUT2D eigenvalue weighted by atomic mass is 9.95. The van der Waals surface area contributed by atoms with Crippen LogP contribution in [-0.2, 0) is 9.59 Å². The van der Waals surface area contributed by atoms with Crippen molar-refractivity contribution >= 4 is 23.5 Å².